The number of fused-ring (bicyclic) bond motifs is 1. The molecule has 0 N–H and O–H groups in total. The second kappa shape index (κ2) is 8.19. The molecule has 0 aromatic heterocycles. The summed E-state index contributed by atoms with van der Waals surface area (Å²) in [7, 11) is 3.29. The van der Waals surface area contributed by atoms with Crippen LogP contribution < -0.4 is 9.47 Å². The standard InChI is InChI=1S/C26H22O3/c1-28-22-11-7-18(8-12-22)15-21-17-20-5-3-4-6-24(20)25(26(21)27)16-19-9-13-23(29-2)14-10-19/h3-16H,17H2,1-2H3/b21-15+,25-16+. The fraction of sp³-hybridized carbons (Fsp3) is 0.115. The zero-order chi connectivity index (χ0) is 20.2. The summed E-state index contributed by atoms with van der Waals surface area (Å²) >= 11 is 0. The van der Waals surface area contributed by atoms with Gasteiger partial charge in [0.2, 0.25) is 0 Å². The lowest BCUT2D eigenvalue weighted by Gasteiger charge is -2.21. The Kier molecular flexibility index (Phi) is 5.30. The second-order valence-electron chi connectivity index (χ2n) is 6.94. The molecule has 0 saturated carbocycles. The van der Waals surface area contributed by atoms with Gasteiger partial charge < -0.3 is 9.47 Å². The largest absolute Gasteiger partial charge is 0.497 e. The molecule has 4 rings (SSSR count). The van der Waals surface area contributed by atoms with Crippen LogP contribution >= 0.6 is 0 Å². The summed E-state index contributed by atoms with van der Waals surface area (Å²) in [6.07, 6.45) is 4.56. The fourth-order valence-electron chi connectivity index (χ4n) is 3.55. The number of rotatable bonds is 4. The molecule has 0 saturated heterocycles. The lowest BCUT2D eigenvalue weighted by Crippen LogP contribution is -2.15. The van der Waals surface area contributed by atoms with E-state index in [1.807, 2.05) is 78.9 Å². The van der Waals surface area contributed by atoms with Crippen molar-refractivity contribution in [2.24, 2.45) is 0 Å². The number of ketones is 1. The Morgan fingerprint density at radius 1 is 0.724 bits per heavy atom. The Balaban J connectivity index is 1.76. The normalized spacial score (nSPS) is 16.0. The molecule has 0 atom stereocenters. The average Bonchev–Trinajstić information content (AvgIpc) is 2.77. The van der Waals surface area contributed by atoms with Gasteiger partial charge in [-0.25, -0.2) is 0 Å². The van der Waals surface area contributed by atoms with Crippen LogP contribution in [0.1, 0.15) is 22.3 Å². The third-order valence-corrected chi connectivity index (χ3v) is 5.11. The molecule has 1 aliphatic rings. The maximum atomic E-state index is 13.4. The molecule has 0 aliphatic heterocycles. The van der Waals surface area contributed by atoms with Crippen molar-refractivity contribution in [3.8, 4) is 11.5 Å². The molecular formula is C26H22O3. The van der Waals surface area contributed by atoms with E-state index in [-0.39, 0.29) is 5.78 Å². The fourth-order valence-corrected chi connectivity index (χ4v) is 3.55. The van der Waals surface area contributed by atoms with Crippen molar-refractivity contribution in [2.75, 3.05) is 14.2 Å². The minimum atomic E-state index is 0.0651. The van der Waals surface area contributed by atoms with Gasteiger partial charge in [-0.15, -0.1) is 0 Å². The second-order valence-corrected chi connectivity index (χ2v) is 6.94. The molecule has 0 spiro atoms. The molecule has 0 unspecified atom stereocenters. The van der Waals surface area contributed by atoms with Crippen LogP contribution in [0.2, 0.25) is 0 Å². The number of carbonyl (C=O) groups excluding carboxylic acids is 1. The lowest BCUT2D eigenvalue weighted by molar-refractivity contribution is -0.110. The number of carbonyl (C=O) groups is 1. The number of allylic oxidation sites excluding steroid dienone is 2. The first-order valence-corrected chi connectivity index (χ1v) is 9.51. The van der Waals surface area contributed by atoms with Crippen LogP contribution in [0.3, 0.4) is 0 Å². The van der Waals surface area contributed by atoms with Crippen molar-refractivity contribution in [2.45, 2.75) is 6.42 Å². The van der Waals surface area contributed by atoms with Gasteiger partial charge in [-0.2, -0.15) is 0 Å². The molecule has 1 aliphatic carbocycles. The van der Waals surface area contributed by atoms with Gasteiger partial charge in [-0.05, 0) is 58.7 Å². The van der Waals surface area contributed by atoms with Gasteiger partial charge in [0.15, 0.2) is 5.78 Å². The van der Waals surface area contributed by atoms with E-state index in [4.69, 9.17) is 9.47 Å². The van der Waals surface area contributed by atoms with Crippen LogP contribution in [0.4, 0.5) is 0 Å². The summed E-state index contributed by atoms with van der Waals surface area (Å²) in [5, 5.41) is 0. The molecule has 3 heteroatoms. The summed E-state index contributed by atoms with van der Waals surface area (Å²) in [5.74, 6) is 1.66. The van der Waals surface area contributed by atoms with E-state index < -0.39 is 0 Å². The highest BCUT2D eigenvalue weighted by Gasteiger charge is 2.25. The monoisotopic (exact) mass is 382 g/mol. The van der Waals surface area contributed by atoms with Crippen molar-refractivity contribution in [1.82, 2.24) is 0 Å². The van der Waals surface area contributed by atoms with Crippen molar-refractivity contribution < 1.29 is 14.3 Å². The topological polar surface area (TPSA) is 35.5 Å². The summed E-state index contributed by atoms with van der Waals surface area (Å²) < 4.78 is 10.5. The SMILES string of the molecule is COc1ccc(/C=C2\Cc3ccccc3/C(=C\c3ccc(OC)cc3)C2=O)cc1. The Bertz CT molecular complexity index is 1090. The number of hydrogen-bond donors (Lipinski definition) is 0. The van der Waals surface area contributed by atoms with Crippen molar-refractivity contribution >= 4 is 23.5 Å². The first-order chi connectivity index (χ1) is 14.2. The third-order valence-electron chi connectivity index (χ3n) is 5.11. The zero-order valence-corrected chi connectivity index (χ0v) is 16.5. The van der Waals surface area contributed by atoms with Gasteiger partial charge in [-0.3, -0.25) is 4.79 Å². The minimum absolute atomic E-state index is 0.0651. The summed E-state index contributed by atoms with van der Waals surface area (Å²) in [5.41, 5.74) is 5.62. The van der Waals surface area contributed by atoms with Crippen LogP contribution in [0.5, 0.6) is 11.5 Å². The Morgan fingerprint density at radius 2 is 1.28 bits per heavy atom. The molecule has 0 fully saturated rings. The molecule has 0 radical (unpaired) electrons. The number of Topliss-reactive ketones (excluding diaryl/α,β-unsaturated/α-hetero) is 1. The maximum Gasteiger partial charge on any atom is 0.189 e. The van der Waals surface area contributed by atoms with Gasteiger partial charge in [0, 0.05) is 17.6 Å². The van der Waals surface area contributed by atoms with Gasteiger partial charge in [0.25, 0.3) is 0 Å². The predicted molar refractivity (Wildman–Crippen MR) is 117 cm³/mol. The summed E-state index contributed by atoms with van der Waals surface area (Å²) in [6, 6.07) is 23.6. The van der Waals surface area contributed by atoms with E-state index in [0.717, 1.165) is 44.9 Å². The quantitative estimate of drug-likeness (QED) is 0.563. The van der Waals surface area contributed by atoms with E-state index in [9.17, 15) is 4.79 Å². The maximum absolute atomic E-state index is 13.4. The van der Waals surface area contributed by atoms with Crippen LogP contribution in [0.25, 0.3) is 17.7 Å². The third kappa shape index (κ3) is 3.99. The van der Waals surface area contributed by atoms with E-state index in [1.54, 1.807) is 14.2 Å². The highest BCUT2D eigenvalue weighted by molar-refractivity contribution is 6.35. The van der Waals surface area contributed by atoms with Crippen LogP contribution in [-0.4, -0.2) is 20.0 Å². The minimum Gasteiger partial charge on any atom is -0.497 e. The molecule has 29 heavy (non-hydrogen) atoms. The number of methoxy groups -OCH3 is 2. The van der Waals surface area contributed by atoms with Crippen molar-refractivity contribution in [3.05, 3.63) is 101 Å². The summed E-state index contributed by atoms with van der Waals surface area (Å²) in [4.78, 5) is 13.4. The molecular weight excluding hydrogens is 360 g/mol. The van der Waals surface area contributed by atoms with Crippen LogP contribution in [-0.2, 0) is 11.2 Å². The van der Waals surface area contributed by atoms with Gasteiger partial charge in [0.05, 0.1) is 14.2 Å². The summed E-state index contributed by atoms with van der Waals surface area (Å²) in [6.45, 7) is 0. The first-order valence-electron chi connectivity index (χ1n) is 9.51. The molecule has 3 aromatic rings. The lowest BCUT2D eigenvalue weighted by atomic mass is 9.81. The Morgan fingerprint density at radius 3 is 1.86 bits per heavy atom. The Labute approximate surface area is 170 Å². The number of ether oxygens (including phenoxy) is 2. The highest BCUT2D eigenvalue weighted by atomic mass is 16.5. The van der Waals surface area contributed by atoms with Crippen molar-refractivity contribution in [1.29, 1.82) is 0 Å². The molecule has 0 bridgehead atoms. The molecule has 3 nitrogen and oxygen atoms in total. The van der Waals surface area contributed by atoms with Crippen molar-refractivity contribution in [3.63, 3.8) is 0 Å². The number of benzene rings is 3. The zero-order valence-electron chi connectivity index (χ0n) is 16.5. The van der Waals surface area contributed by atoms with Crippen LogP contribution in [0, 0.1) is 0 Å². The Hall–Kier alpha value is -3.59. The van der Waals surface area contributed by atoms with E-state index in [0.29, 0.717) is 6.42 Å². The van der Waals surface area contributed by atoms with Gasteiger partial charge >= 0.3 is 0 Å². The van der Waals surface area contributed by atoms with Crippen LogP contribution in [0.15, 0.2) is 78.4 Å². The molecule has 0 amide bonds. The first kappa shape index (κ1) is 18.8. The highest BCUT2D eigenvalue weighted by Crippen LogP contribution is 2.34. The van der Waals surface area contributed by atoms with E-state index in [1.165, 1.54) is 0 Å². The smallest absolute Gasteiger partial charge is 0.189 e. The molecule has 144 valence electrons. The van der Waals surface area contributed by atoms with Gasteiger partial charge in [-0.1, -0.05) is 48.5 Å². The van der Waals surface area contributed by atoms with Gasteiger partial charge in [0.1, 0.15) is 11.5 Å². The molecule has 3 aromatic carbocycles. The predicted octanol–water partition coefficient (Wildman–Crippen LogP) is 5.45. The number of hydrogen-bond acceptors (Lipinski definition) is 3. The van der Waals surface area contributed by atoms with E-state index >= 15 is 0 Å². The molecule has 0 heterocycles. The van der Waals surface area contributed by atoms with E-state index in [2.05, 4.69) is 6.07 Å². The average molecular weight is 382 g/mol.